The van der Waals surface area contributed by atoms with Crippen LogP contribution in [0.2, 0.25) is 5.02 Å². The molecule has 2 aromatic carbocycles. The maximum absolute atomic E-state index is 13.2. The average Bonchev–Trinajstić information content (AvgIpc) is 3.44. The van der Waals surface area contributed by atoms with E-state index in [1.807, 2.05) is 0 Å². The summed E-state index contributed by atoms with van der Waals surface area (Å²) in [5, 5.41) is 11.7. The minimum Gasteiger partial charge on any atom is -0.507 e. The van der Waals surface area contributed by atoms with Gasteiger partial charge in [-0.3, -0.25) is 14.5 Å². The lowest BCUT2D eigenvalue weighted by Crippen LogP contribution is -2.29. The van der Waals surface area contributed by atoms with Crippen molar-refractivity contribution in [3.63, 3.8) is 0 Å². The van der Waals surface area contributed by atoms with E-state index in [1.165, 1.54) is 11.2 Å². The van der Waals surface area contributed by atoms with Crippen LogP contribution in [-0.2, 0) is 9.59 Å². The van der Waals surface area contributed by atoms with Crippen LogP contribution in [0.5, 0.6) is 5.75 Å². The summed E-state index contributed by atoms with van der Waals surface area (Å²) in [7, 11) is 0. The third kappa shape index (κ3) is 4.59. The van der Waals surface area contributed by atoms with Crippen LogP contribution in [-0.4, -0.2) is 23.4 Å². The lowest BCUT2D eigenvalue weighted by atomic mass is 9.99. The smallest absolute Gasteiger partial charge is 0.300 e. The van der Waals surface area contributed by atoms with Crippen LogP contribution in [0, 0.1) is 6.92 Å². The third-order valence-electron chi connectivity index (χ3n) is 5.82. The Morgan fingerprint density at radius 1 is 1.12 bits per heavy atom. The van der Waals surface area contributed by atoms with Gasteiger partial charge in [0.1, 0.15) is 23.3 Å². The molecule has 7 heteroatoms. The van der Waals surface area contributed by atoms with Gasteiger partial charge in [-0.25, -0.2) is 0 Å². The molecule has 1 amide bonds. The SMILES string of the molecule is CCCCCOc1ccc(/C(O)=C2/C(=O)C(=O)N(c3ccc(Cl)cc3C)C2c2ccco2)cc1. The standard InChI is InChI=1S/C27H26ClNO5/c1-3-4-5-14-33-20-11-8-18(9-12-20)25(30)23-24(22-7-6-15-34-22)29(27(32)26(23)31)21-13-10-19(28)16-17(21)2/h6-13,15-16,24,30H,3-5,14H2,1-2H3/b25-23-. The number of hydrogen-bond donors (Lipinski definition) is 1. The zero-order valence-electron chi connectivity index (χ0n) is 19.1. The van der Waals surface area contributed by atoms with Crippen molar-refractivity contribution in [1.29, 1.82) is 0 Å². The molecule has 1 unspecified atom stereocenters. The van der Waals surface area contributed by atoms with Crippen LogP contribution < -0.4 is 9.64 Å². The first-order valence-corrected chi connectivity index (χ1v) is 11.6. The Hall–Kier alpha value is -3.51. The highest BCUT2D eigenvalue weighted by Crippen LogP contribution is 2.43. The quantitative estimate of drug-likeness (QED) is 0.174. The largest absolute Gasteiger partial charge is 0.507 e. The van der Waals surface area contributed by atoms with Gasteiger partial charge in [-0.2, -0.15) is 0 Å². The molecule has 2 heterocycles. The van der Waals surface area contributed by atoms with E-state index in [0.717, 1.165) is 24.8 Å². The second-order valence-corrected chi connectivity index (χ2v) is 8.63. The average molecular weight is 480 g/mol. The summed E-state index contributed by atoms with van der Waals surface area (Å²) in [6.07, 6.45) is 4.64. The number of ether oxygens (including phenoxy) is 1. The number of furan rings is 1. The number of unbranched alkanes of at least 4 members (excludes halogenated alkanes) is 2. The van der Waals surface area contributed by atoms with Gasteiger partial charge in [-0.05, 0) is 73.5 Å². The van der Waals surface area contributed by atoms with Gasteiger partial charge in [0, 0.05) is 16.3 Å². The Morgan fingerprint density at radius 2 is 1.88 bits per heavy atom. The molecule has 6 nitrogen and oxygen atoms in total. The molecule has 0 spiro atoms. The Morgan fingerprint density at radius 3 is 2.53 bits per heavy atom. The van der Waals surface area contributed by atoms with E-state index in [1.54, 1.807) is 61.5 Å². The van der Waals surface area contributed by atoms with Crippen LogP contribution in [0.4, 0.5) is 5.69 Å². The van der Waals surface area contributed by atoms with E-state index >= 15 is 0 Å². The lowest BCUT2D eigenvalue weighted by Gasteiger charge is -2.25. The summed E-state index contributed by atoms with van der Waals surface area (Å²) < 4.78 is 11.3. The zero-order valence-corrected chi connectivity index (χ0v) is 19.8. The number of benzene rings is 2. The maximum Gasteiger partial charge on any atom is 0.300 e. The van der Waals surface area contributed by atoms with Gasteiger partial charge in [-0.1, -0.05) is 31.4 Å². The van der Waals surface area contributed by atoms with E-state index in [9.17, 15) is 14.7 Å². The van der Waals surface area contributed by atoms with Crippen molar-refractivity contribution in [3.05, 3.63) is 88.3 Å². The van der Waals surface area contributed by atoms with Crippen LogP contribution in [0.15, 0.2) is 70.9 Å². The Labute approximate surface area is 203 Å². The molecule has 3 aromatic rings. The molecule has 0 bridgehead atoms. The summed E-state index contributed by atoms with van der Waals surface area (Å²) in [6, 6.07) is 14.3. The van der Waals surface area contributed by atoms with Crippen molar-refractivity contribution in [1.82, 2.24) is 0 Å². The highest BCUT2D eigenvalue weighted by atomic mass is 35.5. The number of hydrogen-bond acceptors (Lipinski definition) is 5. The molecular weight excluding hydrogens is 454 g/mol. The van der Waals surface area contributed by atoms with Crippen molar-refractivity contribution in [2.45, 2.75) is 39.2 Å². The van der Waals surface area contributed by atoms with Crippen LogP contribution in [0.3, 0.4) is 0 Å². The molecule has 0 saturated carbocycles. The molecule has 4 rings (SSSR count). The third-order valence-corrected chi connectivity index (χ3v) is 6.05. The van der Waals surface area contributed by atoms with E-state index in [0.29, 0.717) is 34.4 Å². The number of carbonyl (C=O) groups excluding carboxylic acids is 2. The summed E-state index contributed by atoms with van der Waals surface area (Å²) in [5.41, 5.74) is 1.60. The van der Waals surface area contributed by atoms with Gasteiger partial charge in [0.2, 0.25) is 0 Å². The lowest BCUT2D eigenvalue weighted by molar-refractivity contribution is -0.132. The summed E-state index contributed by atoms with van der Waals surface area (Å²) in [6.45, 7) is 4.55. The molecule has 1 aliphatic heterocycles. The predicted molar refractivity (Wildman–Crippen MR) is 131 cm³/mol. The Bertz CT molecular complexity index is 1210. The topological polar surface area (TPSA) is 80.0 Å². The fraction of sp³-hybridized carbons (Fsp3) is 0.259. The van der Waals surface area contributed by atoms with Gasteiger partial charge in [-0.15, -0.1) is 0 Å². The number of Topliss-reactive ketones (excluding diaryl/α,β-unsaturated/α-hetero) is 1. The van der Waals surface area contributed by atoms with Gasteiger partial charge in [0.25, 0.3) is 11.7 Å². The molecule has 1 aliphatic rings. The Kier molecular flexibility index (Phi) is 7.08. The van der Waals surface area contributed by atoms with Gasteiger partial charge >= 0.3 is 0 Å². The highest BCUT2D eigenvalue weighted by Gasteiger charge is 2.48. The molecule has 1 N–H and O–H groups in total. The van der Waals surface area contributed by atoms with Crippen molar-refractivity contribution in [2.24, 2.45) is 0 Å². The second-order valence-electron chi connectivity index (χ2n) is 8.20. The highest BCUT2D eigenvalue weighted by molar-refractivity contribution is 6.51. The van der Waals surface area contributed by atoms with Gasteiger partial charge in [0.15, 0.2) is 0 Å². The first-order chi connectivity index (χ1) is 16.4. The minimum absolute atomic E-state index is 0.0362. The van der Waals surface area contributed by atoms with Crippen molar-refractivity contribution in [2.75, 3.05) is 11.5 Å². The molecule has 0 aliphatic carbocycles. The van der Waals surface area contributed by atoms with Crippen LogP contribution in [0.25, 0.3) is 5.76 Å². The molecule has 1 fully saturated rings. The van der Waals surface area contributed by atoms with Gasteiger partial charge in [0.05, 0.1) is 18.4 Å². The number of carbonyl (C=O) groups is 2. The molecule has 176 valence electrons. The first kappa shape index (κ1) is 23.6. The van der Waals surface area contributed by atoms with E-state index < -0.39 is 17.7 Å². The van der Waals surface area contributed by atoms with E-state index in [2.05, 4.69) is 6.92 Å². The number of amides is 1. The number of aliphatic hydroxyl groups is 1. The molecule has 0 radical (unpaired) electrons. The molecule has 1 atom stereocenters. The minimum atomic E-state index is -0.917. The van der Waals surface area contributed by atoms with Crippen LogP contribution in [0.1, 0.15) is 49.1 Å². The molecule has 34 heavy (non-hydrogen) atoms. The van der Waals surface area contributed by atoms with Crippen molar-refractivity contribution < 1.29 is 23.8 Å². The molecule has 1 aromatic heterocycles. The second kappa shape index (κ2) is 10.2. The number of nitrogens with zero attached hydrogens (tertiary/aromatic N) is 1. The summed E-state index contributed by atoms with van der Waals surface area (Å²) in [4.78, 5) is 27.7. The first-order valence-electron chi connectivity index (χ1n) is 11.3. The van der Waals surface area contributed by atoms with Crippen molar-refractivity contribution in [3.8, 4) is 5.75 Å². The van der Waals surface area contributed by atoms with E-state index in [4.69, 9.17) is 20.8 Å². The molecule has 1 saturated heterocycles. The summed E-state index contributed by atoms with van der Waals surface area (Å²) in [5.74, 6) is -0.762. The monoisotopic (exact) mass is 479 g/mol. The van der Waals surface area contributed by atoms with E-state index in [-0.39, 0.29) is 11.3 Å². The normalized spacial score (nSPS) is 17.4. The molecular formula is C27H26ClNO5. The number of aryl methyl sites for hydroxylation is 1. The van der Waals surface area contributed by atoms with Crippen molar-refractivity contribution >= 4 is 34.7 Å². The predicted octanol–water partition coefficient (Wildman–Crippen LogP) is 6.44. The Balaban J connectivity index is 1.73. The fourth-order valence-electron chi connectivity index (χ4n) is 4.09. The van der Waals surface area contributed by atoms with Gasteiger partial charge < -0.3 is 14.3 Å². The van der Waals surface area contributed by atoms with Crippen LogP contribution >= 0.6 is 11.6 Å². The number of anilines is 1. The zero-order chi connectivity index (χ0) is 24.2. The number of ketones is 1. The summed E-state index contributed by atoms with van der Waals surface area (Å²) >= 11 is 6.10. The number of aliphatic hydroxyl groups excluding tert-OH is 1. The number of halogens is 1. The number of rotatable bonds is 8. The fourth-order valence-corrected chi connectivity index (χ4v) is 4.32. The maximum atomic E-state index is 13.2.